The van der Waals surface area contributed by atoms with Crippen LogP contribution in [0.5, 0.6) is 0 Å². The highest BCUT2D eigenvalue weighted by Crippen LogP contribution is 2.31. The van der Waals surface area contributed by atoms with Crippen molar-refractivity contribution in [2.24, 2.45) is 0 Å². The molecule has 0 radical (unpaired) electrons. The molecule has 28 heavy (non-hydrogen) atoms. The van der Waals surface area contributed by atoms with Gasteiger partial charge >= 0.3 is 0 Å². The van der Waals surface area contributed by atoms with Gasteiger partial charge in [-0.15, -0.1) is 10.2 Å². The average molecular weight is 434 g/mol. The molecule has 4 rings (SSSR count). The number of amides is 1. The van der Waals surface area contributed by atoms with E-state index in [0.29, 0.717) is 26.6 Å². The number of nitrogens with zero attached hydrogens (tertiary/aromatic N) is 4. The monoisotopic (exact) mass is 433 g/mol. The fraction of sp³-hybridized carbons (Fsp3) is 0.211. The van der Waals surface area contributed by atoms with Crippen molar-refractivity contribution >= 4 is 46.6 Å². The van der Waals surface area contributed by atoms with Gasteiger partial charge in [-0.3, -0.25) is 4.79 Å². The van der Waals surface area contributed by atoms with Crippen molar-refractivity contribution in [2.75, 3.05) is 23.0 Å². The number of nitrogens with two attached hydrogens (primary N) is 1. The maximum atomic E-state index is 12.8. The van der Waals surface area contributed by atoms with Crippen LogP contribution in [0.25, 0.3) is 11.4 Å². The number of halogens is 2. The van der Waals surface area contributed by atoms with E-state index in [4.69, 9.17) is 29.0 Å². The highest BCUT2D eigenvalue weighted by molar-refractivity contribution is 7.99. The Hall–Kier alpha value is -2.22. The van der Waals surface area contributed by atoms with Gasteiger partial charge in [0.1, 0.15) is 0 Å². The molecule has 0 saturated heterocycles. The van der Waals surface area contributed by atoms with Crippen molar-refractivity contribution in [1.82, 2.24) is 14.9 Å². The Balaban J connectivity index is 1.49. The molecule has 0 spiro atoms. The number of rotatable bonds is 4. The zero-order valence-electron chi connectivity index (χ0n) is 14.8. The summed E-state index contributed by atoms with van der Waals surface area (Å²) in [6.45, 7) is 0.720. The SMILES string of the molecule is Nn1c(SCC(=O)N2CCCc3ccccc32)nnc1-c1ccc(Cl)cc1Cl. The molecule has 9 heteroatoms. The number of fused-ring (bicyclic) bond motifs is 1. The van der Waals surface area contributed by atoms with Crippen molar-refractivity contribution in [3.8, 4) is 11.4 Å². The third-order valence-corrected chi connectivity index (χ3v) is 6.05. The number of nitrogen functional groups attached to an aromatic ring is 1. The molecule has 6 nitrogen and oxygen atoms in total. The number of aryl methyl sites for hydroxylation is 1. The highest BCUT2D eigenvalue weighted by Gasteiger charge is 2.23. The van der Waals surface area contributed by atoms with Crippen molar-refractivity contribution in [2.45, 2.75) is 18.0 Å². The minimum Gasteiger partial charge on any atom is -0.335 e. The topological polar surface area (TPSA) is 77.0 Å². The van der Waals surface area contributed by atoms with E-state index in [1.807, 2.05) is 23.1 Å². The van der Waals surface area contributed by atoms with Crippen LogP contribution in [0.4, 0.5) is 5.69 Å². The summed E-state index contributed by atoms with van der Waals surface area (Å²) >= 11 is 13.4. The molecule has 0 atom stereocenters. The van der Waals surface area contributed by atoms with Gasteiger partial charge in [-0.1, -0.05) is 53.2 Å². The Bertz CT molecular complexity index is 1040. The third-order valence-electron chi connectivity index (χ3n) is 4.57. The lowest BCUT2D eigenvalue weighted by atomic mass is 10.0. The summed E-state index contributed by atoms with van der Waals surface area (Å²) in [6.07, 6.45) is 1.95. The van der Waals surface area contributed by atoms with Crippen LogP contribution in [-0.2, 0) is 11.2 Å². The quantitative estimate of drug-likeness (QED) is 0.496. The Labute approximate surface area is 176 Å². The van der Waals surface area contributed by atoms with Crippen molar-refractivity contribution in [3.05, 3.63) is 58.1 Å². The number of benzene rings is 2. The number of hydrogen-bond acceptors (Lipinski definition) is 5. The molecular weight excluding hydrogens is 417 g/mol. The van der Waals surface area contributed by atoms with E-state index in [9.17, 15) is 4.79 Å². The first kappa shape index (κ1) is 19.1. The van der Waals surface area contributed by atoms with E-state index >= 15 is 0 Å². The van der Waals surface area contributed by atoms with Crippen LogP contribution in [0, 0.1) is 0 Å². The number of hydrogen-bond donors (Lipinski definition) is 1. The summed E-state index contributed by atoms with van der Waals surface area (Å²) in [7, 11) is 0. The summed E-state index contributed by atoms with van der Waals surface area (Å²) in [5, 5.41) is 9.63. The molecule has 2 N–H and O–H groups in total. The number of carbonyl (C=O) groups excluding carboxylic acids is 1. The molecule has 144 valence electrons. The van der Waals surface area contributed by atoms with Gasteiger partial charge in [-0.2, -0.15) is 0 Å². The molecule has 2 heterocycles. The van der Waals surface area contributed by atoms with Crippen molar-refractivity contribution in [3.63, 3.8) is 0 Å². The fourth-order valence-electron chi connectivity index (χ4n) is 3.23. The normalized spacial score (nSPS) is 13.4. The largest absolute Gasteiger partial charge is 0.335 e. The summed E-state index contributed by atoms with van der Waals surface area (Å²) in [4.78, 5) is 14.6. The maximum Gasteiger partial charge on any atom is 0.237 e. The van der Waals surface area contributed by atoms with Crippen LogP contribution in [0.2, 0.25) is 10.0 Å². The summed E-state index contributed by atoms with van der Waals surface area (Å²) in [6, 6.07) is 13.1. The molecule has 1 aromatic heterocycles. The summed E-state index contributed by atoms with van der Waals surface area (Å²) < 4.78 is 1.34. The second-order valence-corrected chi connectivity index (χ2v) is 8.15. The van der Waals surface area contributed by atoms with Crippen LogP contribution >= 0.6 is 35.0 Å². The number of aromatic nitrogens is 3. The van der Waals surface area contributed by atoms with Gasteiger partial charge in [-0.25, -0.2) is 4.68 Å². The predicted molar refractivity (Wildman–Crippen MR) is 113 cm³/mol. The lowest BCUT2D eigenvalue weighted by molar-refractivity contribution is -0.116. The molecule has 1 amide bonds. The average Bonchev–Trinajstić information content (AvgIpc) is 3.06. The zero-order chi connectivity index (χ0) is 19.7. The Morgan fingerprint density at radius 1 is 1.18 bits per heavy atom. The Morgan fingerprint density at radius 2 is 2.00 bits per heavy atom. The lowest BCUT2D eigenvalue weighted by Crippen LogP contribution is -2.36. The standard InChI is InChI=1S/C19H17Cl2N5OS/c20-13-7-8-14(15(21)10-13)18-23-24-19(26(18)22)28-11-17(27)25-9-3-5-12-4-1-2-6-16(12)25/h1-2,4,6-8,10H,3,5,9,11,22H2. The minimum atomic E-state index is 0.0197. The first-order valence-corrected chi connectivity index (χ1v) is 10.5. The third kappa shape index (κ3) is 3.70. The van der Waals surface area contributed by atoms with Gasteiger partial charge in [-0.05, 0) is 42.7 Å². The van der Waals surface area contributed by atoms with E-state index < -0.39 is 0 Å². The van der Waals surface area contributed by atoms with Gasteiger partial charge in [0.2, 0.25) is 11.1 Å². The predicted octanol–water partition coefficient (Wildman–Crippen LogP) is 4.04. The zero-order valence-corrected chi connectivity index (χ0v) is 17.1. The first-order chi connectivity index (χ1) is 13.5. The van der Waals surface area contributed by atoms with Crippen LogP contribution in [-0.4, -0.2) is 33.1 Å². The maximum absolute atomic E-state index is 12.8. The van der Waals surface area contributed by atoms with Gasteiger partial charge in [0, 0.05) is 22.8 Å². The molecule has 3 aromatic rings. The van der Waals surface area contributed by atoms with E-state index in [2.05, 4.69) is 16.3 Å². The fourth-order valence-corrected chi connectivity index (χ4v) is 4.45. The molecular formula is C19H17Cl2N5OS. The first-order valence-electron chi connectivity index (χ1n) is 8.71. The van der Waals surface area contributed by atoms with E-state index in [1.165, 1.54) is 22.0 Å². The van der Waals surface area contributed by atoms with E-state index in [1.54, 1.807) is 18.2 Å². The molecule has 0 fully saturated rings. The van der Waals surface area contributed by atoms with Crippen LogP contribution in [0.1, 0.15) is 12.0 Å². The lowest BCUT2D eigenvalue weighted by Gasteiger charge is -2.29. The number of para-hydroxylation sites is 1. The van der Waals surface area contributed by atoms with Crippen LogP contribution < -0.4 is 10.7 Å². The van der Waals surface area contributed by atoms with Crippen LogP contribution in [0.15, 0.2) is 47.6 Å². The second-order valence-electron chi connectivity index (χ2n) is 6.37. The number of anilines is 1. The second kappa shape index (κ2) is 8.03. The summed E-state index contributed by atoms with van der Waals surface area (Å²) in [5.74, 6) is 6.79. The Kier molecular flexibility index (Phi) is 5.48. The van der Waals surface area contributed by atoms with Gasteiger partial charge in [0.25, 0.3) is 0 Å². The smallest absolute Gasteiger partial charge is 0.237 e. The molecule has 0 unspecified atom stereocenters. The molecule has 0 aliphatic carbocycles. The highest BCUT2D eigenvalue weighted by atomic mass is 35.5. The molecule has 2 aromatic carbocycles. The van der Waals surface area contributed by atoms with E-state index in [0.717, 1.165) is 25.1 Å². The van der Waals surface area contributed by atoms with Gasteiger partial charge in [0.15, 0.2) is 5.82 Å². The molecule has 1 aliphatic heterocycles. The molecule has 0 bridgehead atoms. The van der Waals surface area contributed by atoms with Gasteiger partial charge < -0.3 is 10.7 Å². The summed E-state index contributed by atoms with van der Waals surface area (Å²) in [5.41, 5.74) is 2.82. The molecule has 0 saturated carbocycles. The van der Waals surface area contributed by atoms with E-state index in [-0.39, 0.29) is 11.7 Å². The van der Waals surface area contributed by atoms with Crippen molar-refractivity contribution in [1.29, 1.82) is 0 Å². The number of carbonyl (C=O) groups is 1. The number of thioether (sulfide) groups is 1. The van der Waals surface area contributed by atoms with Gasteiger partial charge in [0.05, 0.1) is 10.8 Å². The minimum absolute atomic E-state index is 0.0197. The van der Waals surface area contributed by atoms with Crippen LogP contribution in [0.3, 0.4) is 0 Å². The van der Waals surface area contributed by atoms with Crippen molar-refractivity contribution < 1.29 is 4.79 Å². The Morgan fingerprint density at radius 3 is 2.82 bits per heavy atom. The molecule has 1 aliphatic rings.